The highest BCUT2D eigenvalue weighted by Crippen LogP contribution is 2.20. The summed E-state index contributed by atoms with van der Waals surface area (Å²) >= 11 is 4.31. The molecular weight excluding hydrogens is 190 g/mol. The standard InChI is InChI=1S/C12H15NS/c1-9(8-14)6-10-7-13-12-5-3-2-4-11(10)12/h2-5,7,9,13-14H,6,8H2,1H3. The molecule has 1 heterocycles. The van der Waals surface area contributed by atoms with Crippen LogP contribution in [0.4, 0.5) is 0 Å². The molecule has 1 N–H and O–H groups in total. The van der Waals surface area contributed by atoms with E-state index in [-0.39, 0.29) is 0 Å². The second-order valence-corrected chi connectivity index (χ2v) is 4.22. The first-order chi connectivity index (χ1) is 6.81. The van der Waals surface area contributed by atoms with E-state index in [1.807, 2.05) is 0 Å². The fourth-order valence-corrected chi connectivity index (χ4v) is 1.87. The first kappa shape index (κ1) is 9.66. The Balaban J connectivity index is 2.33. The number of aromatic amines is 1. The van der Waals surface area contributed by atoms with Gasteiger partial charge in [-0.1, -0.05) is 25.1 Å². The molecule has 2 aromatic rings. The summed E-state index contributed by atoms with van der Waals surface area (Å²) in [6, 6.07) is 8.44. The molecule has 0 aliphatic carbocycles. The van der Waals surface area contributed by atoms with E-state index in [9.17, 15) is 0 Å². The van der Waals surface area contributed by atoms with Crippen LogP contribution in [0.3, 0.4) is 0 Å². The van der Waals surface area contributed by atoms with Gasteiger partial charge in [0.05, 0.1) is 0 Å². The molecule has 1 aromatic carbocycles. The molecule has 0 saturated carbocycles. The summed E-state index contributed by atoms with van der Waals surface area (Å²) in [5.41, 5.74) is 2.64. The van der Waals surface area contributed by atoms with Gasteiger partial charge >= 0.3 is 0 Å². The Kier molecular flexibility index (Phi) is 2.82. The van der Waals surface area contributed by atoms with Crippen molar-refractivity contribution in [3.63, 3.8) is 0 Å². The molecule has 2 rings (SSSR count). The minimum absolute atomic E-state index is 0.637. The molecule has 0 aliphatic heterocycles. The maximum absolute atomic E-state index is 4.31. The highest BCUT2D eigenvalue weighted by molar-refractivity contribution is 7.80. The van der Waals surface area contributed by atoms with Gasteiger partial charge in [0.2, 0.25) is 0 Å². The molecule has 1 aromatic heterocycles. The number of hydrogen-bond acceptors (Lipinski definition) is 1. The number of hydrogen-bond donors (Lipinski definition) is 2. The summed E-state index contributed by atoms with van der Waals surface area (Å²) in [5.74, 6) is 1.58. The van der Waals surface area contributed by atoms with E-state index in [1.54, 1.807) is 0 Å². The Hall–Kier alpha value is -0.890. The normalized spacial score (nSPS) is 13.3. The summed E-state index contributed by atoms with van der Waals surface area (Å²) in [6.45, 7) is 2.23. The van der Waals surface area contributed by atoms with Crippen molar-refractivity contribution in [2.45, 2.75) is 13.3 Å². The van der Waals surface area contributed by atoms with E-state index in [0.29, 0.717) is 5.92 Å². The van der Waals surface area contributed by atoms with E-state index in [2.05, 4.69) is 55.0 Å². The second-order valence-electron chi connectivity index (χ2n) is 3.85. The van der Waals surface area contributed by atoms with Crippen LogP contribution in [0.15, 0.2) is 30.5 Å². The molecule has 0 fully saturated rings. The lowest BCUT2D eigenvalue weighted by molar-refractivity contribution is 0.663. The van der Waals surface area contributed by atoms with Crippen molar-refractivity contribution in [2.24, 2.45) is 5.92 Å². The van der Waals surface area contributed by atoms with Crippen molar-refractivity contribution < 1.29 is 0 Å². The third-order valence-corrected chi connectivity index (χ3v) is 3.18. The Bertz CT molecular complexity index is 419. The van der Waals surface area contributed by atoms with Crippen LogP contribution in [0.2, 0.25) is 0 Å². The molecule has 0 amide bonds. The van der Waals surface area contributed by atoms with Gasteiger partial charge in [0.15, 0.2) is 0 Å². The molecule has 0 spiro atoms. The van der Waals surface area contributed by atoms with Crippen molar-refractivity contribution in [2.75, 3.05) is 5.75 Å². The average molecular weight is 205 g/mol. The van der Waals surface area contributed by atoms with Gasteiger partial charge in [0.1, 0.15) is 0 Å². The number of rotatable bonds is 3. The number of benzene rings is 1. The summed E-state index contributed by atoms with van der Waals surface area (Å²) < 4.78 is 0. The van der Waals surface area contributed by atoms with Gasteiger partial charge in [-0.2, -0.15) is 12.6 Å². The third kappa shape index (κ3) is 1.80. The largest absolute Gasteiger partial charge is 0.361 e. The Morgan fingerprint density at radius 2 is 2.14 bits per heavy atom. The van der Waals surface area contributed by atoms with Crippen LogP contribution in [-0.4, -0.2) is 10.7 Å². The summed E-state index contributed by atoms with van der Waals surface area (Å²) in [6.07, 6.45) is 3.22. The van der Waals surface area contributed by atoms with E-state index in [4.69, 9.17) is 0 Å². The van der Waals surface area contributed by atoms with E-state index in [0.717, 1.165) is 12.2 Å². The molecule has 1 unspecified atom stereocenters. The van der Waals surface area contributed by atoms with Crippen molar-refractivity contribution in [3.05, 3.63) is 36.0 Å². The van der Waals surface area contributed by atoms with Gasteiger partial charge in [0.25, 0.3) is 0 Å². The fraction of sp³-hybridized carbons (Fsp3) is 0.333. The van der Waals surface area contributed by atoms with Crippen molar-refractivity contribution in [3.8, 4) is 0 Å². The predicted molar refractivity (Wildman–Crippen MR) is 65.0 cm³/mol. The van der Waals surface area contributed by atoms with Gasteiger partial charge in [-0.05, 0) is 29.7 Å². The van der Waals surface area contributed by atoms with Crippen molar-refractivity contribution >= 4 is 23.5 Å². The number of H-pyrrole nitrogens is 1. The average Bonchev–Trinajstić information content (AvgIpc) is 2.62. The van der Waals surface area contributed by atoms with Crippen LogP contribution in [-0.2, 0) is 6.42 Å². The molecule has 14 heavy (non-hydrogen) atoms. The number of para-hydroxylation sites is 1. The maximum Gasteiger partial charge on any atom is 0.0456 e. The summed E-state index contributed by atoms with van der Waals surface area (Å²) in [5, 5.41) is 1.35. The smallest absolute Gasteiger partial charge is 0.0456 e. The van der Waals surface area contributed by atoms with E-state index < -0.39 is 0 Å². The zero-order chi connectivity index (χ0) is 9.97. The minimum atomic E-state index is 0.637. The lowest BCUT2D eigenvalue weighted by Gasteiger charge is -2.05. The van der Waals surface area contributed by atoms with Crippen LogP contribution in [0.25, 0.3) is 10.9 Å². The zero-order valence-corrected chi connectivity index (χ0v) is 9.22. The SMILES string of the molecule is CC(CS)Cc1c[nH]c2ccccc12. The minimum Gasteiger partial charge on any atom is -0.361 e. The van der Waals surface area contributed by atoms with Gasteiger partial charge in [-0.3, -0.25) is 0 Å². The summed E-state index contributed by atoms with van der Waals surface area (Å²) in [7, 11) is 0. The van der Waals surface area contributed by atoms with Gasteiger partial charge in [-0.15, -0.1) is 0 Å². The van der Waals surface area contributed by atoms with E-state index >= 15 is 0 Å². The molecule has 1 atom stereocenters. The monoisotopic (exact) mass is 205 g/mol. The molecule has 0 saturated heterocycles. The lowest BCUT2D eigenvalue weighted by atomic mass is 10.0. The predicted octanol–water partition coefficient (Wildman–Crippen LogP) is 3.28. The number of fused-ring (bicyclic) bond motifs is 1. The molecule has 2 heteroatoms. The van der Waals surface area contributed by atoms with Crippen molar-refractivity contribution in [1.82, 2.24) is 4.98 Å². The zero-order valence-electron chi connectivity index (χ0n) is 8.33. The first-order valence-electron chi connectivity index (χ1n) is 4.97. The van der Waals surface area contributed by atoms with Crippen LogP contribution in [0, 0.1) is 5.92 Å². The molecule has 0 aliphatic rings. The first-order valence-corrected chi connectivity index (χ1v) is 5.60. The highest BCUT2D eigenvalue weighted by atomic mass is 32.1. The van der Waals surface area contributed by atoms with Gasteiger partial charge < -0.3 is 4.98 Å². The number of nitrogens with one attached hydrogen (secondary N) is 1. The van der Waals surface area contributed by atoms with Crippen LogP contribution >= 0.6 is 12.6 Å². The maximum atomic E-state index is 4.31. The quantitative estimate of drug-likeness (QED) is 0.715. The lowest BCUT2D eigenvalue weighted by Crippen LogP contribution is -1.99. The molecule has 74 valence electrons. The topological polar surface area (TPSA) is 15.8 Å². The number of thiol groups is 1. The third-order valence-electron chi connectivity index (χ3n) is 2.55. The molecular formula is C12H15NS. The number of aromatic nitrogens is 1. The van der Waals surface area contributed by atoms with Crippen LogP contribution in [0.1, 0.15) is 12.5 Å². The fourth-order valence-electron chi connectivity index (χ4n) is 1.74. The molecule has 0 radical (unpaired) electrons. The van der Waals surface area contributed by atoms with Gasteiger partial charge in [-0.25, -0.2) is 0 Å². The summed E-state index contributed by atoms with van der Waals surface area (Å²) in [4.78, 5) is 3.29. The van der Waals surface area contributed by atoms with Crippen LogP contribution in [0.5, 0.6) is 0 Å². The second kappa shape index (κ2) is 4.09. The Morgan fingerprint density at radius 3 is 2.93 bits per heavy atom. The van der Waals surface area contributed by atoms with Gasteiger partial charge in [0, 0.05) is 17.1 Å². The van der Waals surface area contributed by atoms with Crippen LogP contribution < -0.4 is 0 Å². The van der Waals surface area contributed by atoms with E-state index in [1.165, 1.54) is 16.5 Å². The molecule has 0 bridgehead atoms. The van der Waals surface area contributed by atoms with Crippen molar-refractivity contribution in [1.29, 1.82) is 0 Å². The Morgan fingerprint density at radius 1 is 1.36 bits per heavy atom. The highest BCUT2D eigenvalue weighted by Gasteiger charge is 2.06. The Labute approximate surface area is 89.9 Å². The molecule has 1 nitrogen and oxygen atoms in total.